The lowest BCUT2D eigenvalue weighted by atomic mass is 10.1. The van der Waals surface area contributed by atoms with Gasteiger partial charge in [0.1, 0.15) is 11.8 Å². The Kier molecular flexibility index (Phi) is 7.25. The second-order valence-electron chi connectivity index (χ2n) is 7.89. The molecule has 1 aliphatic rings. The summed E-state index contributed by atoms with van der Waals surface area (Å²) in [6.45, 7) is 5.58. The first-order valence-electron chi connectivity index (χ1n) is 10.1. The van der Waals surface area contributed by atoms with E-state index >= 15 is 0 Å². The molecular weight excluding hydrogens is 398 g/mol. The number of nitrogens with one attached hydrogen (secondary N) is 2. The van der Waals surface area contributed by atoms with Gasteiger partial charge in [0.2, 0.25) is 5.91 Å². The maximum atomic E-state index is 13.0. The Hall–Kier alpha value is -2.68. The zero-order valence-electron chi connectivity index (χ0n) is 17.6. The third-order valence-electron chi connectivity index (χ3n) is 5.17. The van der Waals surface area contributed by atoms with Crippen LogP contribution in [0.15, 0.2) is 48.5 Å². The number of carbonyl (C=O) groups is 2. The minimum atomic E-state index is -0.902. The van der Waals surface area contributed by atoms with Gasteiger partial charge in [0.05, 0.1) is 28.6 Å². The van der Waals surface area contributed by atoms with E-state index in [1.165, 1.54) is 5.19 Å². The second kappa shape index (κ2) is 9.88. The molecule has 3 rings (SSSR count). The lowest BCUT2D eigenvalue weighted by molar-refractivity contribution is -0.129. The molecule has 8 heteroatoms. The summed E-state index contributed by atoms with van der Waals surface area (Å²) in [6, 6.07) is 14.1. The van der Waals surface area contributed by atoms with Crippen LogP contribution in [0.25, 0.3) is 0 Å². The molecule has 2 amide bonds. The first kappa shape index (κ1) is 22.0. The molecular formula is C22H29N3O4Si. The molecule has 30 heavy (non-hydrogen) atoms. The summed E-state index contributed by atoms with van der Waals surface area (Å²) in [5, 5.41) is 16.5. The fraction of sp³-hybridized carbons (Fsp3) is 0.364. The largest absolute Gasteiger partial charge is 0.497 e. The standard InChI is InChI=1S/C22H29N3O4Si/c1-29-18-8-4-15(5-9-18)21(24-20(27)14-25-12-17(26)13-25)22(28)23-16-6-10-19(11-7-16)30(2)3/h4-11,17,21,26,30H,12-14H2,1-3H3,(H,23,28)(H,24,27). The highest BCUT2D eigenvalue weighted by Gasteiger charge is 2.28. The Labute approximate surface area is 178 Å². The molecule has 2 aromatic carbocycles. The van der Waals surface area contributed by atoms with Crippen LogP contribution in [0.2, 0.25) is 13.1 Å². The number of aliphatic hydroxyl groups excluding tert-OH is 1. The summed E-state index contributed by atoms with van der Waals surface area (Å²) >= 11 is 0. The van der Waals surface area contributed by atoms with Gasteiger partial charge < -0.3 is 20.5 Å². The van der Waals surface area contributed by atoms with Crippen LogP contribution >= 0.6 is 0 Å². The molecule has 160 valence electrons. The average molecular weight is 428 g/mol. The van der Waals surface area contributed by atoms with Crippen molar-refractivity contribution in [2.75, 3.05) is 32.1 Å². The van der Waals surface area contributed by atoms with Crippen molar-refractivity contribution in [1.29, 1.82) is 0 Å². The molecule has 0 saturated carbocycles. The number of amides is 2. The molecule has 0 spiro atoms. The van der Waals surface area contributed by atoms with Gasteiger partial charge in [0.25, 0.3) is 5.91 Å². The number of methoxy groups -OCH3 is 1. The number of anilines is 1. The van der Waals surface area contributed by atoms with Crippen molar-refractivity contribution in [2.24, 2.45) is 0 Å². The summed E-state index contributed by atoms with van der Waals surface area (Å²) in [6.07, 6.45) is -0.379. The fourth-order valence-electron chi connectivity index (χ4n) is 3.34. The number of ether oxygens (including phenoxy) is 1. The van der Waals surface area contributed by atoms with Gasteiger partial charge in [-0.25, -0.2) is 0 Å². The molecule has 7 nitrogen and oxygen atoms in total. The highest BCUT2D eigenvalue weighted by atomic mass is 28.3. The van der Waals surface area contributed by atoms with Crippen LogP contribution in [0.1, 0.15) is 11.6 Å². The molecule has 1 saturated heterocycles. The number of aliphatic hydroxyl groups is 1. The lowest BCUT2D eigenvalue weighted by Crippen LogP contribution is -2.54. The Bertz CT molecular complexity index is 865. The molecule has 1 heterocycles. The third-order valence-corrected chi connectivity index (χ3v) is 6.88. The number of rotatable bonds is 8. The van der Waals surface area contributed by atoms with Crippen molar-refractivity contribution in [1.82, 2.24) is 10.2 Å². The molecule has 0 bridgehead atoms. The van der Waals surface area contributed by atoms with E-state index < -0.39 is 14.8 Å². The van der Waals surface area contributed by atoms with Crippen molar-refractivity contribution < 1.29 is 19.4 Å². The van der Waals surface area contributed by atoms with E-state index in [0.717, 1.165) is 0 Å². The van der Waals surface area contributed by atoms with Gasteiger partial charge in [-0.15, -0.1) is 0 Å². The number of β-amino-alcohol motifs (C(OH)–C–C–N with tert-alkyl or cyclic N) is 1. The third kappa shape index (κ3) is 5.68. The Morgan fingerprint density at radius 1 is 1.13 bits per heavy atom. The van der Waals surface area contributed by atoms with Crippen LogP contribution in [0.3, 0.4) is 0 Å². The molecule has 3 N–H and O–H groups in total. The van der Waals surface area contributed by atoms with Gasteiger partial charge in [0.15, 0.2) is 0 Å². The van der Waals surface area contributed by atoms with Crippen molar-refractivity contribution >= 4 is 31.5 Å². The SMILES string of the molecule is COc1ccc(C(NC(=O)CN2CC(O)C2)C(=O)Nc2ccc([SiH](C)C)cc2)cc1. The number of hydrogen-bond donors (Lipinski definition) is 3. The second-order valence-corrected chi connectivity index (χ2v) is 10.9. The predicted molar refractivity (Wildman–Crippen MR) is 120 cm³/mol. The Morgan fingerprint density at radius 3 is 2.30 bits per heavy atom. The summed E-state index contributed by atoms with van der Waals surface area (Å²) in [5.41, 5.74) is 1.36. The van der Waals surface area contributed by atoms with Gasteiger partial charge in [-0.2, -0.15) is 0 Å². The van der Waals surface area contributed by atoms with E-state index in [9.17, 15) is 14.7 Å². The molecule has 1 fully saturated rings. The van der Waals surface area contributed by atoms with Crippen LogP contribution in [-0.2, 0) is 9.59 Å². The number of carbonyl (C=O) groups excluding carboxylic acids is 2. The zero-order valence-corrected chi connectivity index (χ0v) is 18.7. The van der Waals surface area contributed by atoms with E-state index in [2.05, 4.69) is 23.7 Å². The molecule has 1 atom stereocenters. The Balaban J connectivity index is 1.73. The summed E-state index contributed by atoms with van der Waals surface area (Å²) in [4.78, 5) is 27.4. The predicted octanol–water partition coefficient (Wildman–Crippen LogP) is 0.861. The first-order valence-corrected chi connectivity index (χ1v) is 13.0. The summed E-state index contributed by atoms with van der Waals surface area (Å²) in [7, 11) is 0.673. The van der Waals surface area contributed by atoms with Crippen LogP contribution < -0.4 is 20.6 Å². The van der Waals surface area contributed by atoms with Crippen LogP contribution in [-0.4, -0.2) is 63.5 Å². The van der Waals surface area contributed by atoms with Crippen LogP contribution in [0, 0.1) is 0 Å². The highest BCUT2D eigenvalue weighted by molar-refractivity contribution is 6.70. The van der Waals surface area contributed by atoms with E-state index in [1.807, 2.05) is 29.2 Å². The highest BCUT2D eigenvalue weighted by Crippen LogP contribution is 2.20. The monoisotopic (exact) mass is 427 g/mol. The topological polar surface area (TPSA) is 90.9 Å². The maximum Gasteiger partial charge on any atom is 0.251 e. The van der Waals surface area contributed by atoms with Gasteiger partial charge in [0, 0.05) is 18.8 Å². The van der Waals surface area contributed by atoms with E-state index in [4.69, 9.17) is 4.74 Å². The minimum absolute atomic E-state index is 0.144. The molecule has 0 aliphatic carbocycles. The van der Waals surface area contributed by atoms with Gasteiger partial charge in [-0.1, -0.05) is 42.5 Å². The number of benzene rings is 2. The van der Waals surface area contributed by atoms with E-state index in [0.29, 0.717) is 30.1 Å². The van der Waals surface area contributed by atoms with Gasteiger partial charge >= 0.3 is 0 Å². The van der Waals surface area contributed by atoms with Gasteiger partial charge in [-0.05, 0) is 29.8 Å². The molecule has 1 aliphatic heterocycles. The molecule has 1 unspecified atom stereocenters. The van der Waals surface area contributed by atoms with Crippen molar-refractivity contribution in [3.8, 4) is 5.75 Å². The summed E-state index contributed by atoms with van der Waals surface area (Å²) in [5.74, 6) is 0.0953. The average Bonchev–Trinajstić information content (AvgIpc) is 2.71. The maximum absolute atomic E-state index is 13.0. The fourth-order valence-corrected chi connectivity index (χ4v) is 4.31. The van der Waals surface area contributed by atoms with E-state index in [-0.39, 0.29) is 24.5 Å². The van der Waals surface area contributed by atoms with Crippen molar-refractivity contribution in [2.45, 2.75) is 25.2 Å². The molecule has 0 radical (unpaired) electrons. The summed E-state index contributed by atoms with van der Waals surface area (Å²) < 4.78 is 5.19. The number of likely N-dealkylation sites (tertiary alicyclic amines) is 1. The van der Waals surface area contributed by atoms with Crippen molar-refractivity contribution in [3.05, 3.63) is 54.1 Å². The van der Waals surface area contributed by atoms with Crippen LogP contribution in [0.4, 0.5) is 5.69 Å². The van der Waals surface area contributed by atoms with E-state index in [1.54, 1.807) is 31.4 Å². The lowest BCUT2D eigenvalue weighted by Gasteiger charge is -2.35. The minimum Gasteiger partial charge on any atom is -0.497 e. The Morgan fingerprint density at radius 2 is 1.77 bits per heavy atom. The van der Waals surface area contributed by atoms with Crippen LogP contribution in [0.5, 0.6) is 5.75 Å². The number of hydrogen-bond acceptors (Lipinski definition) is 5. The van der Waals surface area contributed by atoms with Gasteiger partial charge in [-0.3, -0.25) is 14.5 Å². The zero-order chi connectivity index (χ0) is 21.7. The first-order chi connectivity index (χ1) is 14.4. The smallest absolute Gasteiger partial charge is 0.251 e. The molecule has 2 aromatic rings. The quantitative estimate of drug-likeness (QED) is 0.544. The normalized spacial score (nSPS) is 15.4. The molecule has 0 aromatic heterocycles. The number of nitrogens with zero attached hydrogens (tertiary/aromatic N) is 1. The van der Waals surface area contributed by atoms with Crippen molar-refractivity contribution in [3.63, 3.8) is 0 Å².